The number of nitrogens with zero attached hydrogens (tertiary/aromatic N) is 4. The van der Waals surface area contributed by atoms with Crippen LogP contribution in [0.25, 0.3) is 11.0 Å². The fourth-order valence-corrected chi connectivity index (χ4v) is 1.74. The molecular weight excluding hydrogens is 230 g/mol. The van der Waals surface area contributed by atoms with E-state index in [4.69, 9.17) is 5.73 Å². The van der Waals surface area contributed by atoms with Crippen LogP contribution < -0.4 is 5.73 Å². The van der Waals surface area contributed by atoms with Crippen molar-refractivity contribution in [2.24, 2.45) is 12.8 Å². The second-order valence-electron chi connectivity index (χ2n) is 4.42. The molecule has 1 heterocycles. The first-order chi connectivity index (χ1) is 8.54. The average molecular weight is 247 g/mol. The van der Waals surface area contributed by atoms with Gasteiger partial charge in [-0.2, -0.15) is 0 Å². The fraction of sp³-hybridized carbons (Fsp3) is 0.417. The number of aryl methyl sites for hydroxylation is 1. The minimum atomic E-state index is -0.0551. The molecule has 0 bridgehead atoms. The molecule has 1 amide bonds. The predicted octanol–water partition coefficient (Wildman–Crippen LogP) is 0.387. The van der Waals surface area contributed by atoms with Crippen molar-refractivity contribution < 1.29 is 4.79 Å². The van der Waals surface area contributed by atoms with E-state index in [9.17, 15) is 4.79 Å². The molecule has 1 unspecified atom stereocenters. The number of likely N-dealkylation sites (N-methyl/N-ethyl adjacent to an activating group) is 1. The molecule has 0 saturated heterocycles. The lowest BCUT2D eigenvalue weighted by Crippen LogP contribution is -2.39. The van der Waals surface area contributed by atoms with E-state index >= 15 is 0 Å². The molecule has 2 N–H and O–H groups in total. The molecule has 0 aliphatic heterocycles. The molecular formula is C12H17N5O. The zero-order valence-corrected chi connectivity index (χ0v) is 10.8. The number of benzene rings is 1. The monoisotopic (exact) mass is 247 g/mol. The van der Waals surface area contributed by atoms with Gasteiger partial charge in [-0.1, -0.05) is 5.21 Å². The number of carbonyl (C=O) groups is 1. The highest BCUT2D eigenvalue weighted by Gasteiger charge is 2.17. The van der Waals surface area contributed by atoms with Gasteiger partial charge in [0.25, 0.3) is 5.91 Å². The molecule has 2 aromatic rings. The molecule has 2 rings (SSSR count). The molecule has 1 aromatic carbocycles. The van der Waals surface area contributed by atoms with Crippen LogP contribution in [0.5, 0.6) is 0 Å². The first kappa shape index (κ1) is 12.5. The van der Waals surface area contributed by atoms with Crippen LogP contribution in [0.4, 0.5) is 0 Å². The number of rotatable bonds is 3. The number of nitrogens with two attached hydrogens (primary N) is 1. The Morgan fingerprint density at radius 1 is 1.56 bits per heavy atom. The van der Waals surface area contributed by atoms with Gasteiger partial charge in [-0.05, 0) is 25.1 Å². The Morgan fingerprint density at radius 2 is 2.28 bits per heavy atom. The maximum Gasteiger partial charge on any atom is 0.253 e. The van der Waals surface area contributed by atoms with Crippen molar-refractivity contribution in [2.75, 3.05) is 13.6 Å². The van der Waals surface area contributed by atoms with Gasteiger partial charge in [-0.25, -0.2) is 4.68 Å². The van der Waals surface area contributed by atoms with Crippen molar-refractivity contribution in [3.8, 4) is 0 Å². The molecule has 0 spiro atoms. The third kappa shape index (κ3) is 2.06. The molecule has 0 aliphatic carbocycles. The number of carbonyl (C=O) groups excluding carboxylic acids is 1. The molecule has 1 atom stereocenters. The van der Waals surface area contributed by atoms with E-state index in [0.29, 0.717) is 12.1 Å². The van der Waals surface area contributed by atoms with Gasteiger partial charge in [0.1, 0.15) is 5.52 Å². The second kappa shape index (κ2) is 4.73. The topological polar surface area (TPSA) is 77.0 Å². The van der Waals surface area contributed by atoms with E-state index in [-0.39, 0.29) is 11.9 Å². The zero-order valence-electron chi connectivity index (χ0n) is 10.8. The van der Waals surface area contributed by atoms with Crippen LogP contribution >= 0.6 is 0 Å². The number of fused-ring (bicyclic) bond motifs is 1. The fourth-order valence-electron chi connectivity index (χ4n) is 1.74. The van der Waals surface area contributed by atoms with Crippen molar-refractivity contribution in [2.45, 2.75) is 13.0 Å². The quantitative estimate of drug-likeness (QED) is 0.851. The summed E-state index contributed by atoms with van der Waals surface area (Å²) in [6.07, 6.45) is 0. The van der Waals surface area contributed by atoms with Crippen LogP contribution in [0.1, 0.15) is 17.3 Å². The molecule has 0 radical (unpaired) electrons. The Labute approximate surface area is 105 Å². The molecule has 0 aliphatic rings. The highest BCUT2D eigenvalue weighted by atomic mass is 16.2. The SMILES string of the molecule is CC(CN)N(C)C(=O)c1ccc2c(c1)nnn2C. The molecule has 1 aromatic heterocycles. The number of hydrogen-bond donors (Lipinski definition) is 1. The summed E-state index contributed by atoms with van der Waals surface area (Å²) in [5, 5.41) is 7.92. The van der Waals surface area contributed by atoms with Gasteiger partial charge in [0.05, 0.1) is 5.52 Å². The van der Waals surface area contributed by atoms with Gasteiger partial charge in [0, 0.05) is 32.2 Å². The van der Waals surface area contributed by atoms with Crippen molar-refractivity contribution in [1.82, 2.24) is 19.9 Å². The smallest absolute Gasteiger partial charge is 0.253 e. The third-order valence-corrected chi connectivity index (χ3v) is 3.18. The molecule has 0 saturated carbocycles. The third-order valence-electron chi connectivity index (χ3n) is 3.18. The van der Waals surface area contributed by atoms with Gasteiger partial charge < -0.3 is 10.6 Å². The van der Waals surface area contributed by atoms with Crippen molar-refractivity contribution in [1.29, 1.82) is 0 Å². The summed E-state index contributed by atoms with van der Waals surface area (Å²) in [6, 6.07) is 5.40. The lowest BCUT2D eigenvalue weighted by Gasteiger charge is -2.23. The minimum Gasteiger partial charge on any atom is -0.338 e. The van der Waals surface area contributed by atoms with Crippen LogP contribution in [-0.4, -0.2) is 45.4 Å². The van der Waals surface area contributed by atoms with Gasteiger partial charge in [0.15, 0.2) is 0 Å². The minimum absolute atomic E-state index is 0.00931. The lowest BCUT2D eigenvalue weighted by molar-refractivity contribution is 0.0748. The van der Waals surface area contributed by atoms with E-state index in [1.165, 1.54) is 0 Å². The average Bonchev–Trinajstić information content (AvgIpc) is 2.77. The second-order valence-corrected chi connectivity index (χ2v) is 4.42. The molecule has 96 valence electrons. The summed E-state index contributed by atoms with van der Waals surface area (Å²) in [6.45, 7) is 2.36. The van der Waals surface area contributed by atoms with E-state index < -0.39 is 0 Å². The summed E-state index contributed by atoms with van der Waals surface area (Å²) >= 11 is 0. The molecule has 18 heavy (non-hydrogen) atoms. The number of aromatic nitrogens is 3. The van der Waals surface area contributed by atoms with Crippen molar-refractivity contribution >= 4 is 16.9 Å². The maximum absolute atomic E-state index is 12.2. The van der Waals surface area contributed by atoms with Gasteiger partial charge in [-0.3, -0.25) is 4.79 Å². The van der Waals surface area contributed by atoms with Crippen molar-refractivity contribution in [3.63, 3.8) is 0 Å². The Kier molecular flexibility index (Phi) is 3.29. The molecule has 6 heteroatoms. The number of hydrogen-bond acceptors (Lipinski definition) is 4. The summed E-state index contributed by atoms with van der Waals surface area (Å²) in [5.41, 5.74) is 7.79. The van der Waals surface area contributed by atoms with Gasteiger partial charge in [0.2, 0.25) is 0 Å². The Bertz CT molecular complexity index is 577. The lowest BCUT2D eigenvalue weighted by atomic mass is 10.1. The maximum atomic E-state index is 12.2. The van der Waals surface area contributed by atoms with E-state index in [1.807, 2.05) is 20.0 Å². The van der Waals surface area contributed by atoms with Crippen LogP contribution in [0.2, 0.25) is 0 Å². The highest BCUT2D eigenvalue weighted by Crippen LogP contribution is 2.14. The van der Waals surface area contributed by atoms with E-state index in [1.54, 1.807) is 28.8 Å². The van der Waals surface area contributed by atoms with E-state index in [2.05, 4.69) is 10.3 Å². The largest absolute Gasteiger partial charge is 0.338 e. The Balaban J connectivity index is 2.33. The standard InChI is InChI=1S/C12H17N5O/c1-8(7-13)16(2)12(18)9-4-5-11-10(6-9)14-15-17(11)3/h4-6,8H,7,13H2,1-3H3. The number of amides is 1. The van der Waals surface area contributed by atoms with Crippen LogP contribution in [0.15, 0.2) is 18.2 Å². The van der Waals surface area contributed by atoms with E-state index in [0.717, 1.165) is 11.0 Å². The highest BCUT2D eigenvalue weighted by molar-refractivity contribution is 5.97. The Morgan fingerprint density at radius 3 is 2.94 bits per heavy atom. The molecule has 0 fully saturated rings. The normalized spacial score (nSPS) is 12.7. The summed E-state index contributed by atoms with van der Waals surface area (Å²) < 4.78 is 1.68. The van der Waals surface area contributed by atoms with Crippen molar-refractivity contribution in [3.05, 3.63) is 23.8 Å². The first-order valence-corrected chi connectivity index (χ1v) is 5.81. The predicted molar refractivity (Wildman–Crippen MR) is 69.1 cm³/mol. The van der Waals surface area contributed by atoms with Crippen LogP contribution in [0, 0.1) is 0 Å². The Hall–Kier alpha value is -1.95. The van der Waals surface area contributed by atoms with Crippen LogP contribution in [0.3, 0.4) is 0 Å². The first-order valence-electron chi connectivity index (χ1n) is 5.81. The summed E-state index contributed by atoms with van der Waals surface area (Å²) in [5.74, 6) is -0.0551. The van der Waals surface area contributed by atoms with Crippen LogP contribution in [-0.2, 0) is 7.05 Å². The zero-order chi connectivity index (χ0) is 13.3. The summed E-state index contributed by atoms with van der Waals surface area (Å²) in [4.78, 5) is 13.8. The summed E-state index contributed by atoms with van der Waals surface area (Å²) in [7, 11) is 3.57. The van der Waals surface area contributed by atoms with Gasteiger partial charge >= 0.3 is 0 Å². The van der Waals surface area contributed by atoms with Gasteiger partial charge in [-0.15, -0.1) is 5.10 Å². The molecule has 6 nitrogen and oxygen atoms in total.